The van der Waals surface area contributed by atoms with Crippen LogP contribution in [0.25, 0.3) is 0 Å². The molecule has 62 valence electrons. The fourth-order valence-corrected chi connectivity index (χ4v) is 5.25. The predicted octanol–water partition coefficient (Wildman–Crippen LogP) is 3.06. The van der Waals surface area contributed by atoms with E-state index in [1.807, 2.05) is 0 Å². The Labute approximate surface area is 86.7 Å². The molecule has 0 spiro atoms. The van der Waals surface area contributed by atoms with Crippen LogP contribution in [0.15, 0.2) is 15.2 Å². The van der Waals surface area contributed by atoms with Gasteiger partial charge in [0.25, 0.3) is 0 Å². The van der Waals surface area contributed by atoms with Crippen molar-refractivity contribution in [1.82, 2.24) is 0 Å². The summed E-state index contributed by atoms with van der Waals surface area (Å²) in [4.78, 5) is 0. The van der Waals surface area contributed by atoms with Gasteiger partial charge >= 0.3 is 87.0 Å². The van der Waals surface area contributed by atoms with Gasteiger partial charge in [0.15, 0.2) is 0 Å². The molecular weight excluding hydrogens is 287 g/mol. The molecule has 3 heteroatoms. The van der Waals surface area contributed by atoms with Crippen molar-refractivity contribution in [2.45, 2.75) is 25.1 Å². The van der Waals surface area contributed by atoms with E-state index < -0.39 is 0 Å². The van der Waals surface area contributed by atoms with Gasteiger partial charge in [-0.3, -0.25) is 0 Å². The summed E-state index contributed by atoms with van der Waals surface area (Å²) in [5, 5.41) is 5.82. The van der Waals surface area contributed by atoms with Crippen LogP contribution in [-0.2, 0) is 0 Å². The summed E-state index contributed by atoms with van der Waals surface area (Å²) in [6.07, 6.45) is 2.70. The van der Waals surface area contributed by atoms with Crippen molar-refractivity contribution in [3.8, 4) is 0 Å². The molecule has 0 bridgehead atoms. The van der Waals surface area contributed by atoms with E-state index in [-0.39, 0.29) is 0 Å². The van der Waals surface area contributed by atoms with E-state index in [4.69, 9.17) is 0 Å². The van der Waals surface area contributed by atoms with Crippen LogP contribution >= 0.6 is 27.3 Å². The van der Waals surface area contributed by atoms with Crippen LogP contribution < -0.4 is 4.46 Å². The predicted molar refractivity (Wildman–Crippen MR) is 57.1 cm³/mol. The van der Waals surface area contributed by atoms with Gasteiger partial charge in [-0.1, -0.05) is 0 Å². The van der Waals surface area contributed by atoms with Crippen molar-refractivity contribution in [2.24, 2.45) is 0 Å². The van der Waals surface area contributed by atoms with Crippen LogP contribution in [0, 0.1) is 0 Å². The summed E-state index contributed by atoms with van der Waals surface area (Å²) in [6.45, 7) is 2.25. The van der Waals surface area contributed by atoms with Crippen molar-refractivity contribution in [1.29, 1.82) is 0 Å². The first-order valence-electron chi connectivity index (χ1n) is 3.69. The zero-order valence-electron chi connectivity index (χ0n) is 6.47. The average Bonchev–Trinajstić information content (AvgIpc) is 2.37. The Hall–Kier alpha value is 0.699. The van der Waals surface area contributed by atoms with Crippen molar-refractivity contribution in [2.75, 3.05) is 0 Å². The standard InChI is InChI=1S/C8H11BrSSe/c1-2-3-4-11-8-6-10-5-7(8)9/h5-6H,2-4H2,1H3. The van der Waals surface area contributed by atoms with E-state index in [1.54, 1.807) is 11.3 Å². The second-order valence-electron chi connectivity index (χ2n) is 2.29. The van der Waals surface area contributed by atoms with E-state index in [0.717, 1.165) is 0 Å². The first-order valence-corrected chi connectivity index (χ1v) is 7.49. The second kappa shape index (κ2) is 5.36. The Morgan fingerprint density at radius 2 is 2.36 bits per heavy atom. The Morgan fingerprint density at radius 1 is 1.55 bits per heavy atom. The number of thiophene rings is 1. The van der Waals surface area contributed by atoms with Crippen LogP contribution in [0.3, 0.4) is 0 Å². The van der Waals surface area contributed by atoms with E-state index in [9.17, 15) is 0 Å². The Kier molecular flexibility index (Phi) is 4.77. The van der Waals surface area contributed by atoms with Crippen LogP contribution in [-0.4, -0.2) is 15.0 Å². The van der Waals surface area contributed by atoms with Gasteiger partial charge in [0, 0.05) is 0 Å². The third kappa shape index (κ3) is 3.29. The van der Waals surface area contributed by atoms with E-state index in [0.29, 0.717) is 15.0 Å². The van der Waals surface area contributed by atoms with Gasteiger partial charge in [0.05, 0.1) is 0 Å². The molecule has 0 aliphatic carbocycles. The van der Waals surface area contributed by atoms with Crippen LogP contribution in [0.1, 0.15) is 19.8 Å². The number of hydrogen-bond donors (Lipinski definition) is 0. The summed E-state index contributed by atoms with van der Waals surface area (Å²) < 4.78 is 2.86. The molecule has 1 aromatic rings. The first-order chi connectivity index (χ1) is 5.34. The van der Waals surface area contributed by atoms with Crippen molar-refractivity contribution in [3.63, 3.8) is 0 Å². The van der Waals surface area contributed by atoms with Gasteiger partial charge in [0.1, 0.15) is 0 Å². The monoisotopic (exact) mass is 298 g/mol. The van der Waals surface area contributed by atoms with E-state index in [2.05, 4.69) is 33.6 Å². The van der Waals surface area contributed by atoms with Crippen molar-refractivity contribution in [3.05, 3.63) is 15.2 Å². The quantitative estimate of drug-likeness (QED) is 0.592. The van der Waals surface area contributed by atoms with Crippen molar-refractivity contribution >= 4 is 46.7 Å². The Bertz CT molecular complexity index is 210. The molecular formula is C8H11BrSSe. The number of hydrogen-bond acceptors (Lipinski definition) is 1. The topological polar surface area (TPSA) is 0 Å². The normalized spacial score (nSPS) is 10.4. The van der Waals surface area contributed by atoms with E-state index >= 15 is 0 Å². The molecule has 0 N–H and O–H groups in total. The van der Waals surface area contributed by atoms with E-state index in [1.165, 1.54) is 27.1 Å². The fraction of sp³-hybridized carbons (Fsp3) is 0.500. The summed E-state index contributed by atoms with van der Waals surface area (Å²) in [6, 6.07) is 0. The Balaban J connectivity index is 2.32. The molecule has 0 atom stereocenters. The zero-order valence-corrected chi connectivity index (χ0v) is 10.6. The average molecular weight is 298 g/mol. The minimum atomic E-state index is 0.703. The van der Waals surface area contributed by atoms with Crippen LogP contribution in [0.2, 0.25) is 5.32 Å². The third-order valence-electron chi connectivity index (χ3n) is 1.34. The fourth-order valence-electron chi connectivity index (χ4n) is 0.699. The third-order valence-corrected chi connectivity index (χ3v) is 6.36. The SMILES string of the molecule is CCCC[Se]c1cscc1Br. The van der Waals surface area contributed by atoms with Crippen LogP contribution in [0.5, 0.6) is 0 Å². The molecule has 0 amide bonds. The van der Waals surface area contributed by atoms with Gasteiger partial charge in [-0.25, -0.2) is 0 Å². The molecule has 0 fully saturated rings. The Morgan fingerprint density at radius 3 is 2.91 bits per heavy atom. The molecule has 0 radical (unpaired) electrons. The molecule has 1 heterocycles. The van der Waals surface area contributed by atoms with Gasteiger partial charge < -0.3 is 0 Å². The molecule has 11 heavy (non-hydrogen) atoms. The molecule has 0 aliphatic rings. The van der Waals surface area contributed by atoms with Gasteiger partial charge in [-0.15, -0.1) is 0 Å². The summed E-state index contributed by atoms with van der Waals surface area (Å²) in [7, 11) is 0. The van der Waals surface area contributed by atoms with Gasteiger partial charge in [-0.2, -0.15) is 0 Å². The molecule has 1 aromatic heterocycles. The molecule has 0 nitrogen and oxygen atoms in total. The van der Waals surface area contributed by atoms with Crippen molar-refractivity contribution < 1.29 is 0 Å². The van der Waals surface area contributed by atoms with Gasteiger partial charge in [-0.05, 0) is 0 Å². The molecule has 0 aromatic carbocycles. The summed E-state index contributed by atoms with van der Waals surface area (Å²) in [5.74, 6) is 0. The second-order valence-corrected chi connectivity index (χ2v) is 6.27. The molecule has 0 saturated carbocycles. The molecule has 0 saturated heterocycles. The number of unbranched alkanes of at least 4 members (excludes halogenated alkanes) is 1. The minimum absolute atomic E-state index is 0.703. The maximum atomic E-state index is 3.54. The number of halogens is 1. The zero-order chi connectivity index (χ0) is 8.10. The molecule has 0 unspecified atom stereocenters. The first kappa shape index (κ1) is 9.78. The van der Waals surface area contributed by atoms with Gasteiger partial charge in [0.2, 0.25) is 0 Å². The maximum absolute atomic E-state index is 3.54. The summed E-state index contributed by atoms with van der Waals surface area (Å²) in [5.41, 5.74) is 0. The number of rotatable bonds is 4. The molecule has 0 aliphatic heterocycles. The molecule has 1 rings (SSSR count). The summed E-state index contributed by atoms with van der Waals surface area (Å²) >= 11 is 6.04. The van der Waals surface area contributed by atoms with Crippen LogP contribution in [0.4, 0.5) is 0 Å².